The van der Waals surface area contributed by atoms with Gasteiger partial charge in [-0.3, -0.25) is 0 Å². The van der Waals surface area contributed by atoms with Crippen LogP contribution in [0.2, 0.25) is 10.2 Å². The molecular weight excluding hydrogens is 264 g/mol. The largest absolute Gasteiger partial charge is 0.448 e. The first-order chi connectivity index (χ1) is 8.08. The Bertz CT molecular complexity index is 507. The summed E-state index contributed by atoms with van der Waals surface area (Å²) in [7, 11) is 0. The van der Waals surface area contributed by atoms with Crippen LogP contribution in [0.5, 0.6) is 0 Å². The van der Waals surface area contributed by atoms with E-state index in [9.17, 15) is 4.39 Å². The van der Waals surface area contributed by atoms with Gasteiger partial charge in [-0.2, -0.15) is 0 Å². The second-order valence-electron chi connectivity index (χ2n) is 3.65. The second kappa shape index (κ2) is 5.08. The number of benzene rings is 1. The van der Waals surface area contributed by atoms with Crippen molar-refractivity contribution in [2.75, 3.05) is 0 Å². The van der Waals surface area contributed by atoms with Gasteiger partial charge in [0.1, 0.15) is 11.6 Å². The first kappa shape index (κ1) is 12.4. The number of hydrogen-bond acceptors (Lipinski definition) is 2. The minimum absolute atomic E-state index is 0.259. The molecule has 5 heteroatoms. The molecule has 0 fully saturated rings. The van der Waals surface area contributed by atoms with Crippen molar-refractivity contribution in [1.29, 1.82) is 0 Å². The van der Waals surface area contributed by atoms with Crippen molar-refractivity contribution in [1.82, 2.24) is 0 Å². The van der Waals surface area contributed by atoms with E-state index in [0.29, 0.717) is 16.3 Å². The van der Waals surface area contributed by atoms with Crippen LogP contribution in [0.3, 0.4) is 0 Å². The number of hydrogen-bond donors (Lipinski definition) is 1. The van der Waals surface area contributed by atoms with Crippen LogP contribution in [0.1, 0.15) is 17.4 Å². The molecule has 1 heterocycles. The zero-order valence-corrected chi connectivity index (χ0v) is 10.3. The fourth-order valence-electron chi connectivity index (χ4n) is 1.58. The molecule has 0 radical (unpaired) electrons. The summed E-state index contributed by atoms with van der Waals surface area (Å²) in [6.07, 6.45) is 0.259. The minimum atomic E-state index is -0.475. The third kappa shape index (κ3) is 2.80. The van der Waals surface area contributed by atoms with E-state index in [4.69, 9.17) is 33.4 Å². The number of furan rings is 1. The number of nitrogens with two attached hydrogens (primary N) is 1. The van der Waals surface area contributed by atoms with Crippen LogP contribution in [-0.2, 0) is 6.42 Å². The third-order valence-electron chi connectivity index (χ3n) is 2.45. The van der Waals surface area contributed by atoms with E-state index in [1.807, 2.05) is 0 Å². The van der Waals surface area contributed by atoms with Gasteiger partial charge in [0.25, 0.3) is 0 Å². The van der Waals surface area contributed by atoms with Gasteiger partial charge in [-0.25, -0.2) is 4.39 Å². The molecule has 1 aromatic carbocycles. The SMILES string of the molecule is NC(Cc1c(F)cccc1Cl)c1ccc(Cl)o1. The first-order valence-electron chi connectivity index (χ1n) is 5.01. The first-order valence-corrected chi connectivity index (χ1v) is 5.77. The molecule has 1 aromatic heterocycles. The Morgan fingerprint density at radius 2 is 2.00 bits per heavy atom. The Hall–Kier alpha value is -1.03. The van der Waals surface area contributed by atoms with Crippen molar-refractivity contribution in [2.45, 2.75) is 12.5 Å². The Morgan fingerprint density at radius 1 is 1.24 bits per heavy atom. The van der Waals surface area contributed by atoms with E-state index >= 15 is 0 Å². The summed E-state index contributed by atoms with van der Waals surface area (Å²) in [6.45, 7) is 0. The summed E-state index contributed by atoms with van der Waals surface area (Å²) in [5.74, 6) is 0.139. The van der Waals surface area contributed by atoms with Gasteiger partial charge in [-0.1, -0.05) is 17.7 Å². The topological polar surface area (TPSA) is 39.2 Å². The molecule has 1 atom stereocenters. The van der Waals surface area contributed by atoms with Gasteiger partial charge < -0.3 is 10.2 Å². The lowest BCUT2D eigenvalue weighted by Gasteiger charge is -2.10. The Labute approximate surface area is 108 Å². The quantitative estimate of drug-likeness (QED) is 0.919. The molecule has 2 nitrogen and oxygen atoms in total. The highest BCUT2D eigenvalue weighted by molar-refractivity contribution is 6.31. The Morgan fingerprint density at radius 3 is 2.59 bits per heavy atom. The lowest BCUT2D eigenvalue weighted by Crippen LogP contribution is -2.13. The average Bonchev–Trinajstić information content (AvgIpc) is 2.70. The van der Waals surface area contributed by atoms with Crippen LogP contribution >= 0.6 is 23.2 Å². The summed E-state index contributed by atoms with van der Waals surface area (Å²) in [5.41, 5.74) is 6.28. The lowest BCUT2D eigenvalue weighted by molar-refractivity contribution is 0.462. The molecule has 2 aromatic rings. The van der Waals surface area contributed by atoms with E-state index in [1.165, 1.54) is 6.07 Å². The van der Waals surface area contributed by atoms with Crippen molar-refractivity contribution >= 4 is 23.2 Å². The molecule has 0 saturated carbocycles. The number of rotatable bonds is 3. The maximum absolute atomic E-state index is 13.5. The molecule has 0 aliphatic heterocycles. The smallest absolute Gasteiger partial charge is 0.193 e. The summed E-state index contributed by atoms with van der Waals surface area (Å²) in [5, 5.41) is 0.619. The molecule has 0 bridgehead atoms. The van der Waals surface area contributed by atoms with Crippen LogP contribution in [0, 0.1) is 5.82 Å². The van der Waals surface area contributed by atoms with E-state index in [1.54, 1.807) is 24.3 Å². The van der Waals surface area contributed by atoms with Crippen LogP contribution in [-0.4, -0.2) is 0 Å². The summed E-state index contributed by atoms with van der Waals surface area (Å²) < 4.78 is 18.7. The summed E-state index contributed by atoms with van der Waals surface area (Å²) in [6, 6.07) is 7.32. The van der Waals surface area contributed by atoms with E-state index < -0.39 is 6.04 Å². The van der Waals surface area contributed by atoms with Crippen molar-refractivity contribution in [3.63, 3.8) is 0 Å². The van der Waals surface area contributed by atoms with Crippen molar-refractivity contribution < 1.29 is 8.81 Å². The maximum atomic E-state index is 13.5. The highest BCUT2D eigenvalue weighted by Crippen LogP contribution is 2.26. The van der Waals surface area contributed by atoms with Gasteiger partial charge in [0.05, 0.1) is 6.04 Å². The van der Waals surface area contributed by atoms with Crippen LogP contribution < -0.4 is 5.73 Å². The predicted molar refractivity (Wildman–Crippen MR) is 65.8 cm³/mol. The standard InChI is InChI=1S/C12H10Cl2FNO/c13-8-2-1-3-9(15)7(8)6-10(16)11-4-5-12(14)17-11/h1-5,10H,6,16H2. The van der Waals surface area contributed by atoms with Gasteiger partial charge in [0.2, 0.25) is 0 Å². The zero-order valence-electron chi connectivity index (χ0n) is 8.79. The molecule has 90 valence electrons. The Kier molecular flexibility index (Phi) is 3.72. The molecule has 0 amide bonds. The highest BCUT2D eigenvalue weighted by atomic mass is 35.5. The highest BCUT2D eigenvalue weighted by Gasteiger charge is 2.15. The maximum Gasteiger partial charge on any atom is 0.193 e. The molecule has 2 N–H and O–H groups in total. The fraction of sp³-hybridized carbons (Fsp3) is 0.167. The van der Waals surface area contributed by atoms with Crippen LogP contribution in [0.25, 0.3) is 0 Å². The molecule has 1 unspecified atom stereocenters. The lowest BCUT2D eigenvalue weighted by atomic mass is 10.0. The molecule has 0 spiro atoms. The Balaban J connectivity index is 2.21. The molecule has 2 rings (SSSR count). The normalized spacial score (nSPS) is 12.7. The molecule has 17 heavy (non-hydrogen) atoms. The molecular formula is C12H10Cl2FNO. The minimum Gasteiger partial charge on any atom is -0.448 e. The van der Waals surface area contributed by atoms with Gasteiger partial charge in [-0.15, -0.1) is 0 Å². The third-order valence-corrected chi connectivity index (χ3v) is 3.00. The summed E-state index contributed by atoms with van der Waals surface area (Å²) in [4.78, 5) is 0. The van der Waals surface area contributed by atoms with Crippen molar-refractivity contribution in [3.8, 4) is 0 Å². The monoisotopic (exact) mass is 273 g/mol. The zero-order chi connectivity index (χ0) is 12.4. The van der Waals surface area contributed by atoms with E-state index in [-0.39, 0.29) is 17.5 Å². The van der Waals surface area contributed by atoms with E-state index in [0.717, 1.165) is 0 Å². The van der Waals surface area contributed by atoms with Gasteiger partial charge in [0.15, 0.2) is 5.22 Å². The molecule has 0 aliphatic carbocycles. The van der Waals surface area contributed by atoms with Gasteiger partial charge in [-0.05, 0) is 42.3 Å². The fourth-order valence-corrected chi connectivity index (χ4v) is 1.97. The van der Waals surface area contributed by atoms with E-state index in [2.05, 4.69) is 0 Å². The molecule has 0 aliphatic rings. The number of halogens is 3. The van der Waals surface area contributed by atoms with Crippen LogP contribution in [0.4, 0.5) is 4.39 Å². The average molecular weight is 274 g/mol. The van der Waals surface area contributed by atoms with Crippen molar-refractivity contribution in [3.05, 3.63) is 57.7 Å². The van der Waals surface area contributed by atoms with Crippen molar-refractivity contribution in [2.24, 2.45) is 5.73 Å². The molecule has 0 saturated heterocycles. The second-order valence-corrected chi connectivity index (χ2v) is 4.43. The van der Waals surface area contributed by atoms with Gasteiger partial charge in [0, 0.05) is 10.6 Å². The predicted octanol–water partition coefficient (Wildman–Crippen LogP) is 3.97. The van der Waals surface area contributed by atoms with Crippen LogP contribution in [0.15, 0.2) is 34.7 Å². The van der Waals surface area contributed by atoms with Gasteiger partial charge >= 0.3 is 0 Å². The summed E-state index contributed by atoms with van der Waals surface area (Å²) >= 11 is 11.6.